The van der Waals surface area contributed by atoms with E-state index >= 15 is 0 Å². The molecule has 1 aliphatic heterocycles. The second-order valence-corrected chi connectivity index (χ2v) is 6.73. The number of piperazine rings is 1. The fraction of sp³-hybridized carbons (Fsp3) is 0.409. The number of methoxy groups -OCH3 is 3. The largest absolute Gasteiger partial charge is 0.497 e. The SMILES string of the molecule is COc1cc(OC)cc(C(=O)N2CCN(CCOc3ccccc3OC)CC2)c1. The van der Waals surface area contributed by atoms with Crippen LogP contribution in [-0.4, -0.2) is 76.4 Å². The molecule has 0 aliphatic carbocycles. The van der Waals surface area contributed by atoms with E-state index in [1.807, 2.05) is 29.2 Å². The van der Waals surface area contributed by atoms with Gasteiger partial charge in [0.15, 0.2) is 11.5 Å². The summed E-state index contributed by atoms with van der Waals surface area (Å²) in [6, 6.07) is 12.9. The highest BCUT2D eigenvalue weighted by molar-refractivity contribution is 5.95. The molecular formula is C22H28N2O5. The molecule has 0 saturated carbocycles. The lowest BCUT2D eigenvalue weighted by molar-refractivity contribution is 0.0619. The lowest BCUT2D eigenvalue weighted by atomic mass is 10.1. The molecule has 156 valence electrons. The zero-order chi connectivity index (χ0) is 20.6. The van der Waals surface area contributed by atoms with Gasteiger partial charge in [0.05, 0.1) is 21.3 Å². The van der Waals surface area contributed by atoms with E-state index in [1.54, 1.807) is 39.5 Å². The van der Waals surface area contributed by atoms with Crippen LogP contribution in [0.2, 0.25) is 0 Å². The van der Waals surface area contributed by atoms with Crippen molar-refractivity contribution in [1.82, 2.24) is 9.80 Å². The number of carbonyl (C=O) groups is 1. The maximum absolute atomic E-state index is 12.9. The van der Waals surface area contributed by atoms with Gasteiger partial charge in [0, 0.05) is 44.4 Å². The van der Waals surface area contributed by atoms with Crippen molar-refractivity contribution in [1.29, 1.82) is 0 Å². The van der Waals surface area contributed by atoms with Gasteiger partial charge in [-0.3, -0.25) is 9.69 Å². The van der Waals surface area contributed by atoms with E-state index in [9.17, 15) is 4.79 Å². The Kier molecular flexibility index (Phi) is 7.19. The number of rotatable bonds is 8. The maximum atomic E-state index is 12.9. The predicted octanol–water partition coefficient (Wildman–Crippen LogP) is 2.55. The monoisotopic (exact) mass is 400 g/mol. The first-order valence-electron chi connectivity index (χ1n) is 9.65. The molecule has 1 fully saturated rings. The van der Waals surface area contributed by atoms with Gasteiger partial charge in [0.1, 0.15) is 18.1 Å². The van der Waals surface area contributed by atoms with Crippen LogP contribution in [0.5, 0.6) is 23.0 Å². The Balaban J connectivity index is 1.49. The smallest absolute Gasteiger partial charge is 0.254 e. The topological polar surface area (TPSA) is 60.5 Å². The van der Waals surface area contributed by atoms with E-state index in [-0.39, 0.29) is 5.91 Å². The van der Waals surface area contributed by atoms with Gasteiger partial charge in [-0.25, -0.2) is 0 Å². The second-order valence-electron chi connectivity index (χ2n) is 6.73. The molecule has 1 heterocycles. The van der Waals surface area contributed by atoms with E-state index < -0.39 is 0 Å². The minimum Gasteiger partial charge on any atom is -0.497 e. The van der Waals surface area contributed by atoms with Crippen molar-refractivity contribution in [2.45, 2.75) is 0 Å². The molecular weight excluding hydrogens is 372 g/mol. The zero-order valence-electron chi connectivity index (χ0n) is 17.2. The average molecular weight is 400 g/mol. The summed E-state index contributed by atoms with van der Waals surface area (Å²) in [7, 11) is 4.79. The molecule has 0 atom stereocenters. The maximum Gasteiger partial charge on any atom is 0.254 e. The molecule has 0 N–H and O–H groups in total. The van der Waals surface area contributed by atoms with Crippen molar-refractivity contribution in [2.24, 2.45) is 0 Å². The second kappa shape index (κ2) is 10.0. The summed E-state index contributed by atoms with van der Waals surface area (Å²) in [5.41, 5.74) is 0.578. The molecule has 7 nitrogen and oxygen atoms in total. The average Bonchev–Trinajstić information content (AvgIpc) is 2.79. The number of para-hydroxylation sites is 2. The van der Waals surface area contributed by atoms with Crippen LogP contribution in [0.25, 0.3) is 0 Å². The molecule has 2 aromatic rings. The molecule has 1 aliphatic rings. The zero-order valence-corrected chi connectivity index (χ0v) is 17.2. The van der Waals surface area contributed by atoms with Crippen LogP contribution in [0.3, 0.4) is 0 Å². The van der Waals surface area contributed by atoms with Crippen molar-refractivity contribution in [3.05, 3.63) is 48.0 Å². The molecule has 0 bridgehead atoms. The number of benzene rings is 2. The van der Waals surface area contributed by atoms with E-state index in [2.05, 4.69) is 4.90 Å². The molecule has 2 aromatic carbocycles. The van der Waals surface area contributed by atoms with Crippen LogP contribution in [0.15, 0.2) is 42.5 Å². The van der Waals surface area contributed by atoms with Gasteiger partial charge < -0.3 is 23.8 Å². The minimum absolute atomic E-state index is 0.00729. The van der Waals surface area contributed by atoms with E-state index in [4.69, 9.17) is 18.9 Å². The first kappa shape index (κ1) is 20.8. The van der Waals surface area contributed by atoms with Crippen molar-refractivity contribution < 1.29 is 23.7 Å². The number of hydrogen-bond donors (Lipinski definition) is 0. The standard InChI is InChI=1S/C22H28N2O5/c1-26-18-14-17(15-19(16-18)27-2)22(25)24-10-8-23(9-11-24)12-13-29-21-7-5-4-6-20(21)28-3/h4-7,14-16H,8-13H2,1-3H3. The van der Waals surface area contributed by atoms with Crippen LogP contribution in [0, 0.1) is 0 Å². The Morgan fingerprint density at radius 1 is 0.862 bits per heavy atom. The first-order chi connectivity index (χ1) is 14.1. The Labute approximate surface area is 171 Å². The molecule has 0 aromatic heterocycles. The molecule has 1 saturated heterocycles. The third-order valence-corrected chi connectivity index (χ3v) is 4.99. The Bertz CT molecular complexity index is 796. The number of carbonyl (C=O) groups excluding carboxylic acids is 1. The molecule has 0 spiro atoms. The number of nitrogens with zero attached hydrogens (tertiary/aromatic N) is 2. The van der Waals surface area contributed by atoms with Gasteiger partial charge in [-0.15, -0.1) is 0 Å². The van der Waals surface area contributed by atoms with Crippen LogP contribution < -0.4 is 18.9 Å². The highest BCUT2D eigenvalue weighted by Gasteiger charge is 2.23. The van der Waals surface area contributed by atoms with E-state index in [1.165, 1.54) is 0 Å². The summed E-state index contributed by atoms with van der Waals surface area (Å²) >= 11 is 0. The Morgan fingerprint density at radius 2 is 1.48 bits per heavy atom. The van der Waals surface area contributed by atoms with Gasteiger partial charge in [-0.1, -0.05) is 12.1 Å². The van der Waals surface area contributed by atoms with Gasteiger partial charge in [0.2, 0.25) is 0 Å². The molecule has 1 amide bonds. The van der Waals surface area contributed by atoms with Crippen LogP contribution in [-0.2, 0) is 0 Å². The molecule has 29 heavy (non-hydrogen) atoms. The predicted molar refractivity (Wildman–Crippen MR) is 110 cm³/mol. The summed E-state index contributed by atoms with van der Waals surface area (Å²) < 4.78 is 21.7. The van der Waals surface area contributed by atoms with Crippen molar-refractivity contribution >= 4 is 5.91 Å². The number of ether oxygens (including phenoxy) is 4. The number of hydrogen-bond acceptors (Lipinski definition) is 6. The highest BCUT2D eigenvalue weighted by atomic mass is 16.5. The lowest BCUT2D eigenvalue weighted by Crippen LogP contribution is -2.49. The van der Waals surface area contributed by atoms with Gasteiger partial charge >= 0.3 is 0 Å². The number of amides is 1. The van der Waals surface area contributed by atoms with E-state index in [0.717, 1.165) is 31.1 Å². The van der Waals surface area contributed by atoms with E-state index in [0.29, 0.717) is 36.8 Å². The summed E-state index contributed by atoms with van der Waals surface area (Å²) in [5, 5.41) is 0. The lowest BCUT2D eigenvalue weighted by Gasteiger charge is -2.34. The molecule has 0 radical (unpaired) electrons. The quantitative estimate of drug-likeness (QED) is 0.679. The van der Waals surface area contributed by atoms with Crippen LogP contribution in [0.4, 0.5) is 0 Å². The Morgan fingerprint density at radius 3 is 2.07 bits per heavy atom. The summed E-state index contributed by atoms with van der Waals surface area (Å²) in [4.78, 5) is 17.0. The molecule has 7 heteroatoms. The fourth-order valence-corrected chi connectivity index (χ4v) is 3.31. The molecule has 0 unspecified atom stereocenters. The van der Waals surface area contributed by atoms with Crippen LogP contribution in [0.1, 0.15) is 10.4 Å². The third-order valence-electron chi connectivity index (χ3n) is 4.99. The van der Waals surface area contributed by atoms with Crippen molar-refractivity contribution in [3.8, 4) is 23.0 Å². The Hall–Kier alpha value is -2.93. The fourth-order valence-electron chi connectivity index (χ4n) is 3.31. The van der Waals surface area contributed by atoms with Gasteiger partial charge in [-0.2, -0.15) is 0 Å². The first-order valence-corrected chi connectivity index (χ1v) is 9.65. The minimum atomic E-state index is -0.00729. The summed E-state index contributed by atoms with van der Waals surface area (Å²) in [6.45, 7) is 4.33. The van der Waals surface area contributed by atoms with Gasteiger partial charge in [-0.05, 0) is 24.3 Å². The van der Waals surface area contributed by atoms with Crippen molar-refractivity contribution in [2.75, 3.05) is 60.7 Å². The summed E-state index contributed by atoms with van der Waals surface area (Å²) in [6.07, 6.45) is 0. The molecule has 3 rings (SSSR count). The highest BCUT2D eigenvalue weighted by Crippen LogP contribution is 2.26. The van der Waals surface area contributed by atoms with Crippen molar-refractivity contribution in [3.63, 3.8) is 0 Å². The van der Waals surface area contributed by atoms with Gasteiger partial charge in [0.25, 0.3) is 5.91 Å². The normalized spacial score (nSPS) is 14.4. The third kappa shape index (κ3) is 5.32. The van der Waals surface area contributed by atoms with Crippen LogP contribution >= 0.6 is 0 Å². The summed E-state index contributed by atoms with van der Waals surface area (Å²) in [5.74, 6) is 2.69.